The van der Waals surface area contributed by atoms with Gasteiger partial charge in [0.2, 0.25) is 17.8 Å². The van der Waals surface area contributed by atoms with Crippen molar-refractivity contribution >= 4 is 29.3 Å². The maximum absolute atomic E-state index is 13.5. The molecule has 0 spiro atoms. The molecule has 3 atom stereocenters. The summed E-state index contributed by atoms with van der Waals surface area (Å²) < 4.78 is 13.5. The number of rotatable bonds is 9. The Morgan fingerprint density at radius 1 is 1.29 bits per heavy atom. The van der Waals surface area contributed by atoms with E-state index in [9.17, 15) is 14.0 Å². The minimum absolute atomic E-state index is 0.00701. The molecule has 2 amide bonds. The molecule has 1 heterocycles. The van der Waals surface area contributed by atoms with Gasteiger partial charge in [0.1, 0.15) is 11.6 Å². The third-order valence-electron chi connectivity index (χ3n) is 6.50. The molecule has 9 heteroatoms. The van der Waals surface area contributed by atoms with Crippen LogP contribution in [-0.2, 0) is 9.59 Å². The fraction of sp³-hybridized carbons (Fsp3) is 0.448. The Balaban J connectivity index is 1.69. The summed E-state index contributed by atoms with van der Waals surface area (Å²) in [6.07, 6.45) is 7.80. The Kier molecular flexibility index (Phi) is 10.6. The van der Waals surface area contributed by atoms with E-state index < -0.39 is 5.92 Å². The Hall–Kier alpha value is -3.93. The van der Waals surface area contributed by atoms with Gasteiger partial charge in [-0.2, -0.15) is 4.98 Å². The van der Waals surface area contributed by atoms with Crippen molar-refractivity contribution in [2.45, 2.75) is 58.9 Å². The van der Waals surface area contributed by atoms with Gasteiger partial charge in [0.25, 0.3) is 0 Å². The number of aromatic nitrogens is 2. The molecule has 1 saturated carbocycles. The Morgan fingerprint density at radius 2 is 2.11 bits per heavy atom. The molecule has 38 heavy (non-hydrogen) atoms. The molecule has 4 N–H and O–H groups in total. The number of carbonyl (C=O) groups is 2. The molecular formula is C29H37FN6O2. The van der Waals surface area contributed by atoms with Crippen LogP contribution in [0.2, 0.25) is 0 Å². The van der Waals surface area contributed by atoms with Crippen molar-refractivity contribution < 1.29 is 14.0 Å². The summed E-state index contributed by atoms with van der Waals surface area (Å²) in [7, 11) is 1.56. The van der Waals surface area contributed by atoms with Crippen molar-refractivity contribution in [2.75, 3.05) is 24.2 Å². The van der Waals surface area contributed by atoms with E-state index in [0.29, 0.717) is 28.6 Å². The van der Waals surface area contributed by atoms with E-state index in [-0.39, 0.29) is 29.6 Å². The van der Waals surface area contributed by atoms with E-state index in [0.717, 1.165) is 38.6 Å². The smallest absolute Gasteiger partial charge is 0.247 e. The van der Waals surface area contributed by atoms with E-state index in [4.69, 9.17) is 0 Å². The lowest BCUT2D eigenvalue weighted by molar-refractivity contribution is -0.126. The summed E-state index contributed by atoms with van der Waals surface area (Å²) in [6.45, 7) is 6.30. The standard InChI is InChI=1S/C29H37FN6O2/c1-5-15-32-26-21(18-33-29(36-26)35-24-12-8-10-22(30)17-24)14-13-20-9-7-11-23(16-20)34-27(37)19(3)25(6-2)28(38)31-4/h6,8,10,12,17-20,23H,5,7,9,11,15-16H2,1-4H3,(H,31,38)(H,34,37)(H2,32,33,35,36)/t19-,20+,23+/m0/s1. The van der Waals surface area contributed by atoms with E-state index in [1.165, 1.54) is 12.1 Å². The van der Waals surface area contributed by atoms with Gasteiger partial charge in [0.05, 0.1) is 17.7 Å². The average molecular weight is 521 g/mol. The zero-order chi connectivity index (χ0) is 27.5. The number of halogens is 1. The van der Waals surface area contributed by atoms with Gasteiger partial charge in [0, 0.05) is 36.8 Å². The Bertz CT molecular complexity index is 1220. The SMILES string of the molecule is CC=C(C(=O)NC)[C@H](C)C(=O)N[C@@H]1CCC[C@H](C#Cc2cnc(Nc3cccc(F)c3)nc2NCCC)C1. The van der Waals surface area contributed by atoms with Crippen molar-refractivity contribution in [3.63, 3.8) is 0 Å². The lowest BCUT2D eigenvalue weighted by atomic mass is 9.85. The van der Waals surface area contributed by atoms with Gasteiger partial charge in [0.15, 0.2) is 0 Å². The minimum atomic E-state index is -0.532. The molecular weight excluding hydrogens is 483 g/mol. The maximum atomic E-state index is 13.5. The summed E-state index contributed by atoms with van der Waals surface area (Å²) in [4.78, 5) is 33.8. The number of likely N-dealkylation sites (N-methyl/N-ethyl adjacent to an activating group) is 1. The highest BCUT2D eigenvalue weighted by atomic mass is 19.1. The Labute approximate surface area is 224 Å². The predicted octanol–water partition coefficient (Wildman–Crippen LogP) is 4.54. The normalized spacial score (nSPS) is 18.0. The molecule has 1 aromatic carbocycles. The van der Waals surface area contributed by atoms with Crippen LogP contribution in [0.4, 0.5) is 21.8 Å². The molecule has 1 aliphatic carbocycles. The second-order valence-corrected chi connectivity index (χ2v) is 9.40. The van der Waals surface area contributed by atoms with Crippen LogP contribution in [0.25, 0.3) is 0 Å². The fourth-order valence-corrected chi connectivity index (χ4v) is 4.43. The first-order valence-electron chi connectivity index (χ1n) is 13.2. The molecule has 0 aliphatic heterocycles. The molecule has 0 bridgehead atoms. The largest absolute Gasteiger partial charge is 0.369 e. The topological polar surface area (TPSA) is 108 Å². The highest BCUT2D eigenvalue weighted by molar-refractivity contribution is 5.99. The first-order chi connectivity index (χ1) is 18.3. The van der Waals surface area contributed by atoms with Gasteiger partial charge < -0.3 is 21.3 Å². The van der Waals surface area contributed by atoms with Crippen molar-refractivity contribution in [3.8, 4) is 11.8 Å². The van der Waals surface area contributed by atoms with E-state index in [1.807, 2.05) is 0 Å². The molecule has 8 nitrogen and oxygen atoms in total. The third-order valence-corrected chi connectivity index (χ3v) is 6.50. The average Bonchev–Trinajstić information content (AvgIpc) is 2.91. The lowest BCUT2D eigenvalue weighted by Crippen LogP contribution is -2.42. The molecule has 202 valence electrons. The molecule has 0 radical (unpaired) electrons. The molecule has 1 aromatic heterocycles. The van der Waals surface area contributed by atoms with Crippen molar-refractivity contribution in [1.82, 2.24) is 20.6 Å². The first kappa shape index (κ1) is 28.6. The predicted molar refractivity (Wildman–Crippen MR) is 148 cm³/mol. The van der Waals surface area contributed by atoms with E-state index in [2.05, 4.69) is 50.0 Å². The van der Waals surface area contributed by atoms with Gasteiger partial charge in [-0.05, 0) is 57.7 Å². The number of hydrogen-bond donors (Lipinski definition) is 4. The third kappa shape index (κ3) is 8.04. The molecule has 2 aromatic rings. The van der Waals surface area contributed by atoms with Gasteiger partial charge in [-0.3, -0.25) is 9.59 Å². The highest BCUT2D eigenvalue weighted by Crippen LogP contribution is 2.25. The second kappa shape index (κ2) is 14.1. The summed E-state index contributed by atoms with van der Waals surface area (Å²) >= 11 is 0. The zero-order valence-corrected chi connectivity index (χ0v) is 22.5. The van der Waals surface area contributed by atoms with Crippen LogP contribution < -0.4 is 21.3 Å². The van der Waals surface area contributed by atoms with Gasteiger partial charge in [-0.15, -0.1) is 0 Å². The van der Waals surface area contributed by atoms with Gasteiger partial charge >= 0.3 is 0 Å². The first-order valence-corrected chi connectivity index (χ1v) is 13.2. The van der Waals surface area contributed by atoms with Gasteiger partial charge in [-0.1, -0.05) is 37.3 Å². The maximum Gasteiger partial charge on any atom is 0.247 e. The van der Waals surface area contributed by atoms with Crippen LogP contribution in [-0.4, -0.2) is 41.4 Å². The number of amides is 2. The number of benzene rings is 1. The van der Waals surface area contributed by atoms with Crippen molar-refractivity contribution in [2.24, 2.45) is 11.8 Å². The van der Waals surface area contributed by atoms with Crippen LogP contribution >= 0.6 is 0 Å². The van der Waals surface area contributed by atoms with Crippen molar-refractivity contribution in [1.29, 1.82) is 0 Å². The number of nitrogens with zero attached hydrogens (tertiary/aromatic N) is 2. The van der Waals surface area contributed by atoms with Crippen LogP contribution in [0.15, 0.2) is 42.1 Å². The number of nitrogens with one attached hydrogen (secondary N) is 4. The van der Waals surface area contributed by atoms with Crippen LogP contribution in [0, 0.1) is 29.5 Å². The quantitative estimate of drug-likeness (QED) is 0.286. The fourth-order valence-electron chi connectivity index (χ4n) is 4.43. The van der Waals surface area contributed by atoms with Gasteiger partial charge in [-0.25, -0.2) is 9.37 Å². The molecule has 1 fully saturated rings. The second-order valence-electron chi connectivity index (χ2n) is 9.40. The monoisotopic (exact) mass is 520 g/mol. The number of carbonyl (C=O) groups excluding carboxylic acids is 2. The highest BCUT2D eigenvalue weighted by Gasteiger charge is 2.27. The van der Waals surface area contributed by atoms with Crippen LogP contribution in [0.5, 0.6) is 0 Å². The lowest BCUT2D eigenvalue weighted by Gasteiger charge is -2.28. The summed E-state index contributed by atoms with van der Waals surface area (Å²) in [5.74, 6) is 6.42. The number of anilines is 3. The molecule has 0 unspecified atom stereocenters. The molecule has 3 rings (SSSR count). The summed E-state index contributed by atoms with van der Waals surface area (Å²) in [6, 6.07) is 6.14. The molecule has 1 aliphatic rings. The van der Waals surface area contributed by atoms with E-state index >= 15 is 0 Å². The minimum Gasteiger partial charge on any atom is -0.369 e. The van der Waals surface area contributed by atoms with Crippen LogP contribution in [0.1, 0.15) is 58.4 Å². The summed E-state index contributed by atoms with van der Waals surface area (Å²) in [5.41, 5.74) is 1.71. The molecule has 0 saturated heterocycles. The number of allylic oxidation sites excluding steroid dienone is 1. The Morgan fingerprint density at radius 3 is 2.82 bits per heavy atom. The van der Waals surface area contributed by atoms with Crippen molar-refractivity contribution in [3.05, 3.63) is 53.5 Å². The van der Waals surface area contributed by atoms with E-state index in [1.54, 1.807) is 45.3 Å². The summed E-state index contributed by atoms with van der Waals surface area (Å²) in [5, 5.41) is 12.0. The van der Waals surface area contributed by atoms with Crippen LogP contribution in [0.3, 0.4) is 0 Å². The number of hydrogen-bond acceptors (Lipinski definition) is 6. The zero-order valence-electron chi connectivity index (χ0n) is 22.5.